The molecular formula is C30H22N2O2. The Morgan fingerprint density at radius 2 is 1.65 bits per heavy atom. The number of aryl methyl sites for hydroxylation is 1. The maximum Gasteiger partial charge on any atom is 0.415 e. The van der Waals surface area contributed by atoms with Gasteiger partial charge in [-0.15, -0.1) is 0 Å². The van der Waals surface area contributed by atoms with Crippen molar-refractivity contribution < 1.29 is 9.90 Å². The molecule has 4 nitrogen and oxygen atoms in total. The molecule has 0 fully saturated rings. The van der Waals surface area contributed by atoms with E-state index in [1.165, 1.54) is 37.2 Å². The second kappa shape index (κ2) is 7.16. The lowest BCUT2D eigenvalue weighted by atomic mass is 9.76. The van der Waals surface area contributed by atoms with E-state index in [1.54, 1.807) is 6.20 Å². The summed E-state index contributed by atoms with van der Waals surface area (Å²) >= 11 is 0. The van der Waals surface area contributed by atoms with Crippen LogP contribution in [0.4, 0.5) is 4.79 Å². The number of carbonyl (C=O) groups is 1. The summed E-state index contributed by atoms with van der Waals surface area (Å²) in [5.41, 5.74) is 6.06. The van der Waals surface area contributed by atoms with Crippen molar-refractivity contribution in [3.8, 4) is 11.3 Å². The van der Waals surface area contributed by atoms with Crippen molar-refractivity contribution in [2.45, 2.75) is 25.2 Å². The summed E-state index contributed by atoms with van der Waals surface area (Å²) in [5.74, 6) is -0.0438. The molecule has 4 aromatic rings. The molecule has 1 unspecified atom stereocenters. The molecule has 4 aromatic carbocycles. The molecular weight excluding hydrogens is 420 g/mol. The van der Waals surface area contributed by atoms with E-state index < -0.39 is 6.09 Å². The summed E-state index contributed by atoms with van der Waals surface area (Å²) in [6.45, 7) is 0. The normalized spacial score (nSPS) is 15.8. The molecule has 0 bridgehead atoms. The van der Waals surface area contributed by atoms with Crippen molar-refractivity contribution in [2.24, 2.45) is 0 Å². The van der Waals surface area contributed by atoms with Crippen LogP contribution in [0.3, 0.4) is 0 Å². The van der Waals surface area contributed by atoms with Crippen LogP contribution >= 0.6 is 0 Å². The predicted molar refractivity (Wildman–Crippen MR) is 136 cm³/mol. The standard InChI is InChI=1S/C30H22N2O2/c33-30(34)32-17-16-24-22-9-3-4-11-26(22)31-28(24)29(32)25-10-5-7-19-13-14-21-20-8-2-1-6-18(20)12-15-23(21)27(19)25/h1-4,6,8-9,11-17,25H,5,7,10H2,(H,33,34). The molecule has 0 saturated carbocycles. The highest BCUT2D eigenvalue weighted by Gasteiger charge is 2.32. The van der Waals surface area contributed by atoms with Gasteiger partial charge in [-0.05, 0) is 64.1 Å². The van der Waals surface area contributed by atoms with E-state index in [1.807, 2.05) is 24.3 Å². The highest BCUT2D eigenvalue weighted by molar-refractivity contribution is 6.09. The van der Waals surface area contributed by atoms with Crippen LogP contribution in [-0.2, 0) is 6.42 Å². The average Bonchev–Trinajstić information content (AvgIpc) is 3.26. The fraction of sp³-hybridized carbons (Fsp3) is 0.133. The van der Waals surface area contributed by atoms with Crippen LogP contribution < -0.4 is 0 Å². The van der Waals surface area contributed by atoms with E-state index in [0.717, 1.165) is 47.1 Å². The Hall–Kier alpha value is -4.18. The zero-order chi connectivity index (χ0) is 22.8. The van der Waals surface area contributed by atoms with E-state index in [-0.39, 0.29) is 5.92 Å². The summed E-state index contributed by atoms with van der Waals surface area (Å²) < 4.78 is 1.40. The molecule has 0 aromatic heterocycles. The Morgan fingerprint density at radius 1 is 0.853 bits per heavy atom. The van der Waals surface area contributed by atoms with Gasteiger partial charge in [-0.25, -0.2) is 9.78 Å². The van der Waals surface area contributed by atoms with Crippen LogP contribution in [0.25, 0.3) is 43.7 Å². The molecule has 164 valence electrons. The number of benzene rings is 4. The van der Waals surface area contributed by atoms with Gasteiger partial charge in [-0.1, -0.05) is 66.7 Å². The van der Waals surface area contributed by atoms with Gasteiger partial charge < -0.3 is 5.11 Å². The average molecular weight is 443 g/mol. The van der Waals surface area contributed by atoms with Crippen LogP contribution in [-0.4, -0.2) is 20.8 Å². The first-order valence-corrected chi connectivity index (χ1v) is 11.8. The molecule has 4 heteroatoms. The largest absolute Gasteiger partial charge is 0.464 e. The van der Waals surface area contributed by atoms with Gasteiger partial charge in [0, 0.05) is 23.1 Å². The molecule has 7 rings (SSSR count). The monoisotopic (exact) mass is 442 g/mol. The number of para-hydroxylation sites is 1. The highest BCUT2D eigenvalue weighted by Crippen LogP contribution is 2.46. The van der Waals surface area contributed by atoms with Gasteiger partial charge in [0.2, 0.25) is 0 Å². The number of rotatable bonds is 1. The summed E-state index contributed by atoms with van der Waals surface area (Å²) in [6, 6.07) is 27.3. The van der Waals surface area contributed by atoms with E-state index >= 15 is 0 Å². The zero-order valence-corrected chi connectivity index (χ0v) is 18.5. The SMILES string of the molecule is O=C(O)n1ccc2c3ccccc3nc-2c1C1CCCc2ccc3c(ccc4ccccc43)c21. The Morgan fingerprint density at radius 3 is 2.53 bits per heavy atom. The lowest BCUT2D eigenvalue weighted by molar-refractivity contribution is 0.195. The second-order valence-corrected chi connectivity index (χ2v) is 9.21. The minimum Gasteiger partial charge on any atom is -0.464 e. The van der Waals surface area contributed by atoms with Gasteiger partial charge in [-0.3, -0.25) is 4.57 Å². The van der Waals surface area contributed by atoms with E-state index in [2.05, 4.69) is 54.6 Å². The molecule has 0 saturated heterocycles. The lowest BCUT2D eigenvalue weighted by Gasteiger charge is -2.30. The topological polar surface area (TPSA) is 55.1 Å². The summed E-state index contributed by atoms with van der Waals surface area (Å²) in [6.07, 6.45) is 3.65. The van der Waals surface area contributed by atoms with E-state index in [4.69, 9.17) is 4.98 Å². The van der Waals surface area contributed by atoms with Crippen LogP contribution in [0.5, 0.6) is 0 Å². The number of pyridine rings is 1. The quantitative estimate of drug-likeness (QED) is 0.269. The molecule has 2 heterocycles. The number of aromatic nitrogens is 2. The molecule has 0 radical (unpaired) electrons. The maximum absolute atomic E-state index is 12.4. The third kappa shape index (κ3) is 2.65. The first-order valence-electron chi connectivity index (χ1n) is 11.8. The Kier molecular flexibility index (Phi) is 4.06. The Labute approximate surface area is 196 Å². The van der Waals surface area contributed by atoms with Crippen molar-refractivity contribution in [3.05, 3.63) is 102 Å². The zero-order valence-electron chi connectivity index (χ0n) is 18.5. The third-order valence-corrected chi connectivity index (χ3v) is 7.46. The van der Waals surface area contributed by atoms with Gasteiger partial charge in [0.05, 0.1) is 16.9 Å². The van der Waals surface area contributed by atoms with Crippen LogP contribution in [0, 0.1) is 0 Å². The Balaban J connectivity index is 1.57. The molecule has 2 aliphatic heterocycles. The van der Waals surface area contributed by atoms with Crippen LogP contribution in [0.15, 0.2) is 85.1 Å². The maximum atomic E-state index is 12.4. The van der Waals surface area contributed by atoms with E-state index in [0.29, 0.717) is 0 Å². The molecule has 0 amide bonds. The van der Waals surface area contributed by atoms with Gasteiger partial charge in [0.25, 0.3) is 0 Å². The van der Waals surface area contributed by atoms with Gasteiger partial charge in [0.15, 0.2) is 0 Å². The first-order chi connectivity index (χ1) is 16.7. The molecule has 1 atom stereocenters. The summed E-state index contributed by atoms with van der Waals surface area (Å²) in [4.78, 5) is 17.4. The number of nitrogens with zero attached hydrogens (tertiary/aromatic N) is 2. The number of hydrogen-bond donors (Lipinski definition) is 1. The van der Waals surface area contributed by atoms with Gasteiger partial charge in [-0.2, -0.15) is 0 Å². The van der Waals surface area contributed by atoms with Gasteiger partial charge in [0.1, 0.15) is 0 Å². The number of fused-ring (bicyclic) bond motifs is 8. The minimum absolute atomic E-state index is 0.0438. The summed E-state index contributed by atoms with van der Waals surface area (Å²) in [7, 11) is 0. The van der Waals surface area contributed by atoms with Crippen molar-refractivity contribution in [1.29, 1.82) is 0 Å². The third-order valence-electron chi connectivity index (χ3n) is 7.46. The molecule has 34 heavy (non-hydrogen) atoms. The second-order valence-electron chi connectivity index (χ2n) is 9.21. The number of hydrogen-bond acceptors (Lipinski definition) is 2. The fourth-order valence-corrected chi connectivity index (χ4v) is 6.01. The number of carboxylic acid groups (broad SMARTS) is 1. The first kappa shape index (κ1) is 19.3. The molecule has 1 N–H and O–H groups in total. The Bertz CT molecular complexity index is 1730. The molecule has 1 aliphatic carbocycles. The van der Waals surface area contributed by atoms with E-state index in [9.17, 15) is 9.90 Å². The van der Waals surface area contributed by atoms with Crippen molar-refractivity contribution in [3.63, 3.8) is 0 Å². The fourth-order valence-electron chi connectivity index (χ4n) is 6.01. The van der Waals surface area contributed by atoms with Crippen molar-refractivity contribution in [2.75, 3.05) is 0 Å². The smallest absolute Gasteiger partial charge is 0.415 e. The highest BCUT2D eigenvalue weighted by atomic mass is 16.4. The van der Waals surface area contributed by atoms with Crippen LogP contribution in [0.1, 0.15) is 35.6 Å². The summed E-state index contributed by atoms with van der Waals surface area (Å²) in [5, 5.41) is 16.1. The van der Waals surface area contributed by atoms with Crippen molar-refractivity contribution in [1.82, 2.24) is 9.55 Å². The lowest BCUT2D eigenvalue weighted by Crippen LogP contribution is -2.22. The van der Waals surface area contributed by atoms with Crippen molar-refractivity contribution >= 4 is 38.5 Å². The molecule has 0 spiro atoms. The molecule has 3 aliphatic rings. The van der Waals surface area contributed by atoms with Gasteiger partial charge >= 0.3 is 6.09 Å². The van der Waals surface area contributed by atoms with Crippen LogP contribution in [0.2, 0.25) is 0 Å². The predicted octanol–water partition coefficient (Wildman–Crippen LogP) is 7.44. The minimum atomic E-state index is -0.971.